The quantitative estimate of drug-likeness (QED) is 0.476. The Balaban J connectivity index is 1.68. The molecule has 0 aromatic rings. The van der Waals surface area contributed by atoms with Gasteiger partial charge in [0.15, 0.2) is 0 Å². The number of aliphatic hydroxyl groups is 1. The van der Waals surface area contributed by atoms with Gasteiger partial charge in [-0.3, -0.25) is 0 Å². The number of allylic oxidation sites excluding steroid dienone is 2. The molecule has 0 heterocycles. The molecular formula is C19H29BrO. The minimum atomic E-state index is -0.0632. The molecule has 1 N–H and O–H groups in total. The Kier molecular flexibility index (Phi) is 3.40. The van der Waals surface area contributed by atoms with Crippen LogP contribution in [0.15, 0.2) is 11.6 Å². The van der Waals surface area contributed by atoms with E-state index >= 15 is 0 Å². The summed E-state index contributed by atoms with van der Waals surface area (Å²) in [5.74, 6) is 2.59. The van der Waals surface area contributed by atoms with Crippen molar-refractivity contribution in [3.05, 3.63) is 11.6 Å². The lowest BCUT2D eigenvalue weighted by Gasteiger charge is -2.57. The molecule has 4 rings (SSSR count). The molecule has 21 heavy (non-hydrogen) atoms. The van der Waals surface area contributed by atoms with Crippen LogP contribution in [0.5, 0.6) is 0 Å². The highest BCUT2D eigenvalue weighted by atomic mass is 79.9. The molecule has 2 heteroatoms. The highest BCUT2D eigenvalue weighted by Crippen LogP contribution is 2.65. The molecule has 3 saturated carbocycles. The second-order valence-electron chi connectivity index (χ2n) is 8.89. The molecule has 4 aliphatic carbocycles. The SMILES string of the molecule is C[C@]12CC[C@@H]3[C@@H](CC=C4CCC(O)C[C@@]43C)[C@@H]1CC(Br)C2. The summed E-state index contributed by atoms with van der Waals surface area (Å²) in [5, 5.41) is 10.2. The zero-order valence-electron chi connectivity index (χ0n) is 13.4. The van der Waals surface area contributed by atoms with Crippen LogP contribution in [0.4, 0.5) is 0 Å². The van der Waals surface area contributed by atoms with Crippen molar-refractivity contribution in [3.8, 4) is 0 Å². The van der Waals surface area contributed by atoms with E-state index in [0.29, 0.717) is 10.8 Å². The number of halogens is 1. The summed E-state index contributed by atoms with van der Waals surface area (Å²) in [5.41, 5.74) is 2.56. The third-order valence-corrected chi connectivity index (χ3v) is 8.45. The number of alkyl halides is 1. The van der Waals surface area contributed by atoms with Crippen molar-refractivity contribution < 1.29 is 5.11 Å². The number of hydrogen-bond donors (Lipinski definition) is 1. The first-order chi connectivity index (χ1) is 9.92. The van der Waals surface area contributed by atoms with E-state index in [-0.39, 0.29) is 6.10 Å². The lowest BCUT2D eigenvalue weighted by Crippen LogP contribution is -2.49. The van der Waals surface area contributed by atoms with E-state index in [1.54, 1.807) is 5.57 Å². The molecule has 4 aliphatic rings. The van der Waals surface area contributed by atoms with Crippen molar-refractivity contribution in [2.24, 2.45) is 28.6 Å². The maximum atomic E-state index is 10.2. The van der Waals surface area contributed by atoms with Crippen LogP contribution in [-0.2, 0) is 0 Å². The third kappa shape index (κ3) is 2.11. The Bertz CT molecular complexity index is 472. The Morgan fingerprint density at radius 3 is 2.81 bits per heavy atom. The topological polar surface area (TPSA) is 20.2 Å². The van der Waals surface area contributed by atoms with Crippen LogP contribution < -0.4 is 0 Å². The first-order valence-corrected chi connectivity index (χ1v) is 9.85. The zero-order valence-corrected chi connectivity index (χ0v) is 15.0. The molecule has 0 saturated heterocycles. The molecule has 0 bridgehead atoms. The first kappa shape index (κ1) is 14.8. The summed E-state index contributed by atoms with van der Waals surface area (Å²) in [4.78, 5) is 0.737. The lowest BCUT2D eigenvalue weighted by molar-refractivity contribution is -0.0450. The minimum Gasteiger partial charge on any atom is -0.393 e. The van der Waals surface area contributed by atoms with Crippen molar-refractivity contribution >= 4 is 15.9 Å². The number of hydrogen-bond acceptors (Lipinski definition) is 1. The van der Waals surface area contributed by atoms with E-state index in [2.05, 4.69) is 35.9 Å². The van der Waals surface area contributed by atoms with Gasteiger partial charge in [-0.15, -0.1) is 0 Å². The predicted octanol–water partition coefficient (Wildman–Crippen LogP) is 5.07. The summed E-state index contributed by atoms with van der Waals surface area (Å²) in [6, 6.07) is 0. The maximum Gasteiger partial charge on any atom is 0.0551 e. The van der Waals surface area contributed by atoms with Gasteiger partial charge in [0.25, 0.3) is 0 Å². The van der Waals surface area contributed by atoms with Gasteiger partial charge in [-0.2, -0.15) is 0 Å². The normalized spacial score (nSPS) is 56.2. The molecular weight excluding hydrogens is 324 g/mol. The maximum absolute atomic E-state index is 10.2. The fourth-order valence-corrected chi connectivity index (χ4v) is 7.85. The highest BCUT2D eigenvalue weighted by Gasteiger charge is 2.57. The van der Waals surface area contributed by atoms with Gasteiger partial charge in [-0.05, 0) is 80.0 Å². The smallest absolute Gasteiger partial charge is 0.0551 e. The fraction of sp³-hybridized carbons (Fsp3) is 0.895. The molecule has 0 radical (unpaired) electrons. The Morgan fingerprint density at radius 1 is 1.19 bits per heavy atom. The van der Waals surface area contributed by atoms with Crippen LogP contribution in [0.1, 0.15) is 65.2 Å². The standard InChI is InChI=1S/C19H29BrO/c1-18-8-7-16-15(17(18)9-13(20)10-18)6-4-12-3-5-14(21)11-19(12,16)2/h4,13-17,21H,3,5-11H2,1-2H3/t13?,14?,15-,16-,17+,18-,19+/m1/s1. The zero-order chi connectivity index (χ0) is 14.8. The van der Waals surface area contributed by atoms with Crippen LogP contribution in [0.25, 0.3) is 0 Å². The Morgan fingerprint density at radius 2 is 2.00 bits per heavy atom. The molecule has 0 aliphatic heterocycles. The number of fused-ring (bicyclic) bond motifs is 5. The fourth-order valence-electron chi connectivity index (χ4n) is 6.71. The average molecular weight is 353 g/mol. The average Bonchev–Trinajstić information content (AvgIpc) is 2.72. The predicted molar refractivity (Wildman–Crippen MR) is 90.4 cm³/mol. The van der Waals surface area contributed by atoms with Crippen LogP contribution >= 0.6 is 15.9 Å². The molecule has 7 atom stereocenters. The van der Waals surface area contributed by atoms with Gasteiger partial charge in [0, 0.05) is 4.83 Å². The first-order valence-electron chi connectivity index (χ1n) is 8.94. The van der Waals surface area contributed by atoms with Gasteiger partial charge in [0.2, 0.25) is 0 Å². The molecule has 0 spiro atoms. The van der Waals surface area contributed by atoms with Gasteiger partial charge in [-0.1, -0.05) is 41.4 Å². The number of rotatable bonds is 0. The molecule has 2 unspecified atom stereocenters. The molecule has 1 nitrogen and oxygen atoms in total. The summed E-state index contributed by atoms with van der Waals surface area (Å²) >= 11 is 3.92. The van der Waals surface area contributed by atoms with Gasteiger partial charge < -0.3 is 5.11 Å². The van der Waals surface area contributed by atoms with E-state index in [4.69, 9.17) is 0 Å². The van der Waals surface area contributed by atoms with Crippen LogP contribution in [0, 0.1) is 28.6 Å². The van der Waals surface area contributed by atoms with Gasteiger partial charge in [0.1, 0.15) is 0 Å². The van der Waals surface area contributed by atoms with Gasteiger partial charge in [0.05, 0.1) is 6.10 Å². The molecule has 118 valence electrons. The molecule has 0 aromatic heterocycles. The second-order valence-corrected chi connectivity index (χ2v) is 10.2. The molecule has 0 amide bonds. The lowest BCUT2D eigenvalue weighted by atomic mass is 9.48. The number of aliphatic hydroxyl groups excluding tert-OH is 1. The van der Waals surface area contributed by atoms with Crippen molar-refractivity contribution in [1.29, 1.82) is 0 Å². The Labute approximate surface area is 137 Å². The van der Waals surface area contributed by atoms with E-state index in [1.807, 2.05) is 0 Å². The summed E-state index contributed by atoms with van der Waals surface area (Å²) < 4.78 is 0. The molecule has 0 aromatic carbocycles. The van der Waals surface area contributed by atoms with Crippen molar-refractivity contribution in [3.63, 3.8) is 0 Å². The summed E-state index contributed by atoms with van der Waals surface area (Å²) in [7, 11) is 0. The Hall–Kier alpha value is 0.180. The largest absolute Gasteiger partial charge is 0.393 e. The van der Waals surface area contributed by atoms with Gasteiger partial charge >= 0.3 is 0 Å². The van der Waals surface area contributed by atoms with Crippen molar-refractivity contribution in [2.45, 2.75) is 76.1 Å². The highest BCUT2D eigenvalue weighted by molar-refractivity contribution is 9.09. The monoisotopic (exact) mass is 352 g/mol. The van der Waals surface area contributed by atoms with E-state index in [9.17, 15) is 5.11 Å². The van der Waals surface area contributed by atoms with Crippen molar-refractivity contribution in [2.75, 3.05) is 0 Å². The third-order valence-electron chi connectivity index (χ3n) is 7.75. The second kappa shape index (κ2) is 4.84. The van der Waals surface area contributed by atoms with Gasteiger partial charge in [-0.25, -0.2) is 0 Å². The van der Waals surface area contributed by atoms with E-state index in [0.717, 1.165) is 41.8 Å². The van der Waals surface area contributed by atoms with E-state index in [1.165, 1.54) is 32.1 Å². The van der Waals surface area contributed by atoms with E-state index < -0.39 is 0 Å². The summed E-state index contributed by atoms with van der Waals surface area (Å²) in [6.07, 6.45) is 12.5. The van der Waals surface area contributed by atoms with Crippen LogP contribution in [0.2, 0.25) is 0 Å². The summed E-state index contributed by atoms with van der Waals surface area (Å²) in [6.45, 7) is 5.02. The van der Waals surface area contributed by atoms with Crippen molar-refractivity contribution in [1.82, 2.24) is 0 Å². The minimum absolute atomic E-state index is 0.0632. The van der Waals surface area contributed by atoms with Crippen LogP contribution in [0.3, 0.4) is 0 Å². The molecule has 3 fully saturated rings. The van der Waals surface area contributed by atoms with Crippen LogP contribution in [-0.4, -0.2) is 16.0 Å².